The van der Waals surface area contributed by atoms with E-state index in [1.807, 2.05) is 6.92 Å². The van der Waals surface area contributed by atoms with Crippen LogP contribution < -0.4 is 4.72 Å². The molecule has 5 nitrogen and oxygen atoms in total. The zero-order valence-electron chi connectivity index (χ0n) is 15.7. The van der Waals surface area contributed by atoms with Gasteiger partial charge in [-0.05, 0) is 44.2 Å². The highest BCUT2D eigenvalue weighted by Crippen LogP contribution is 2.49. The summed E-state index contributed by atoms with van der Waals surface area (Å²) in [4.78, 5) is 12.6. The first-order chi connectivity index (χ1) is 12.8. The quantitative estimate of drug-likeness (QED) is 0.762. The van der Waals surface area contributed by atoms with E-state index >= 15 is 0 Å². The van der Waals surface area contributed by atoms with Gasteiger partial charge >= 0.3 is 0 Å². The number of Topliss-reactive ketones (excluding diaryl/α,β-unsaturated/α-hetero) is 1. The van der Waals surface area contributed by atoms with Gasteiger partial charge in [0, 0.05) is 31.8 Å². The number of nitrogens with one attached hydrogen (secondary N) is 1. The molecule has 27 heavy (non-hydrogen) atoms. The van der Waals surface area contributed by atoms with E-state index in [1.165, 1.54) is 0 Å². The van der Waals surface area contributed by atoms with E-state index in [1.54, 1.807) is 37.5 Å². The minimum atomic E-state index is -3.80. The Morgan fingerprint density at radius 1 is 1.30 bits per heavy atom. The third-order valence-electron chi connectivity index (χ3n) is 5.77. The first-order valence-corrected chi connectivity index (χ1v) is 10.6. The summed E-state index contributed by atoms with van der Waals surface area (Å²) < 4.78 is 33.9. The number of benzene rings is 1. The van der Waals surface area contributed by atoms with Gasteiger partial charge in [-0.2, -0.15) is 0 Å². The smallest absolute Gasteiger partial charge is 0.261 e. The van der Waals surface area contributed by atoms with E-state index in [4.69, 9.17) is 11.2 Å². The van der Waals surface area contributed by atoms with Crippen molar-refractivity contribution in [3.8, 4) is 12.3 Å². The van der Waals surface area contributed by atoms with Crippen LogP contribution in [-0.2, 0) is 19.6 Å². The molecule has 1 fully saturated rings. The molecule has 0 spiro atoms. The minimum Gasteiger partial charge on any atom is -0.385 e. The maximum Gasteiger partial charge on any atom is 0.261 e. The molecule has 1 saturated carbocycles. The number of methoxy groups -OCH3 is 1. The lowest BCUT2D eigenvalue weighted by Gasteiger charge is -2.38. The highest BCUT2D eigenvalue weighted by Gasteiger charge is 2.48. The van der Waals surface area contributed by atoms with Crippen molar-refractivity contribution < 1.29 is 17.9 Å². The molecule has 0 unspecified atom stereocenters. The topological polar surface area (TPSA) is 72.5 Å². The van der Waals surface area contributed by atoms with Crippen LogP contribution in [-0.4, -0.2) is 27.9 Å². The number of carbonyl (C=O) groups is 1. The lowest BCUT2D eigenvalue weighted by molar-refractivity contribution is -0.124. The van der Waals surface area contributed by atoms with E-state index in [-0.39, 0.29) is 22.5 Å². The van der Waals surface area contributed by atoms with Crippen molar-refractivity contribution in [1.29, 1.82) is 0 Å². The molecular weight excluding hydrogens is 362 g/mol. The van der Waals surface area contributed by atoms with Gasteiger partial charge in [0.25, 0.3) is 10.0 Å². The summed E-state index contributed by atoms with van der Waals surface area (Å²) in [5.41, 5.74) is 0.569. The van der Waals surface area contributed by atoms with Gasteiger partial charge < -0.3 is 4.74 Å². The van der Waals surface area contributed by atoms with Gasteiger partial charge in [0.05, 0.1) is 10.3 Å². The highest BCUT2D eigenvalue weighted by molar-refractivity contribution is 7.89. The first-order valence-electron chi connectivity index (χ1n) is 9.13. The second-order valence-electron chi connectivity index (χ2n) is 7.41. The Morgan fingerprint density at radius 2 is 2.00 bits per heavy atom. The Hall–Kier alpha value is -2.10. The fourth-order valence-electron chi connectivity index (χ4n) is 4.12. The molecule has 6 heteroatoms. The SMILES string of the molecule is C#C[C@@]1(CCOC)C(NS(=O)(=O)c2ccc(C)cc2)=C[C@H]2CC[C@@H]1CC2=O. The Labute approximate surface area is 161 Å². The van der Waals surface area contributed by atoms with Crippen LogP contribution >= 0.6 is 0 Å². The average Bonchev–Trinajstić information content (AvgIpc) is 2.84. The summed E-state index contributed by atoms with van der Waals surface area (Å²) in [7, 11) is -2.21. The number of fused-ring (bicyclic) bond motifs is 3. The van der Waals surface area contributed by atoms with Gasteiger partial charge in [0.2, 0.25) is 0 Å². The molecule has 0 heterocycles. The van der Waals surface area contributed by atoms with Gasteiger partial charge in [-0.25, -0.2) is 8.42 Å². The summed E-state index contributed by atoms with van der Waals surface area (Å²) in [6, 6.07) is 6.65. The lowest BCUT2D eigenvalue weighted by atomic mass is 9.67. The summed E-state index contributed by atoms with van der Waals surface area (Å²) >= 11 is 0. The van der Waals surface area contributed by atoms with E-state index < -0.39 is 15.4 Å². The number of hydrogen-bond acceptors (Lipinski definition) is 4. The summed E-state index contributed by atoms with van der Waals surface area (Å²) in [5, 5.41) is 0. The van der Waals surface area contributed by atoms with Crippen molar-refractivity contribution in [2.24, 2.45) is 17.3 Å². The van der Waals surface area contributed by atoms with Crippen molar-refractivity contribution in [1.82, 2.24) is 4.72 Å². The molecule has 0 saturated heterocycles. The van der Waals surface area contributed by atoms with E-state index in [2.05, 4.69) is 10.6 Å². The summed E-state index contributed by atoms with van der Waals surface area (Å²) in [6.45, 7) is 2.29. The maximum atomic E-state index is 13.0. The molecule has 1 N–H and O–H groups in total. The van der Waals surface area contributed by atoms with Crippen LogP contribution in [0.1, 0.15) is 31.2 Å². The third kappa shape index (κ3) is 3.67. The standard InChI is InChI=1S/C21H25NO4S/c1-4-21(11-12-26-3)17-8-7-16(19(23)14-17)13-20(21)22-27(24,25)18-9-5-15(2)6-10-18/h1,5-6,9-10,13,16-17,22H,7-8,11-12,14H2,2-3H3/t16-,17-,21+/m1/s1. The number of rotatable bonds is 6. The van der Waals surface area contributed by atoms with Crippen molar-refractivity contribution in [2.75, 3.05) is 13.7 Å². The van der Waals surface area contributed by atoms with Crippen LogP contribution in [0.4, 0.5) is 0 Å². The van der Waals surface area contributed by atoms with Crippen LogP contribution in [0.2, 0.25) is 0 Å². The maximum absolute atomic E-state index is 13.0. The van der Waals surface area contributed by atoms with E-state index in [0.29, 0.717) is 31.6 Å². The summed E-state index contributed by atoms with van der Waals surface area (Å²) in [6.07, 6.45) is 10.1. The van der Waals surface area contributed by atoms with E-state index in [0.717, 1.165) is 12.0 Å². The number of aryl methyl sites for hydroxylation is 1. The predicted octanol–water partition coefficient (Wildman–Crippen LogP) is 2.81. The molecule has 0 radical (unpaired) electrons. The zero-order valence-corrected chi connectivity index (χ0v) is 16.5. The average molecular weight is 388 g/mol. The molecule has 4 rings (SSSR count). The first kappa shape index (κ1) is 19.7. The molecule has 3 aliphatic carbocycles. The summed E-state index contributed by atoms with van der Waals surface area (Å²) in [5.74, 6) is 2.61. The Bertz CT molecular complexity index is 895. The molecule has 3 atom stereocenters. The Morgan fingerprint density at radius 3 is 2.59 bits per heavy atom. The monoisotopic (exact) mass is 387 g/mol. The molecule has 0 aliphatic heterocycles. The molecule has 1 aromatic rings. The molecule has 144 valence electrons. The predicted molar refractivity (Wildman–Crippen MR) is 103 cm³/mol. The Kier molecular flexibility index (Phi) is 5.45. The van der Waals surface area contributed by atoms with E-state index in [9.17, 15) is 13.2 Å². The molecule has 3 aliphatic rings. The largest absolute Gasteiger partial charge is 0.385 e. The van der Waals surface area contributed by atoms with Gasteiger partial charge in [0.1, 0.15) is 5.78 Å². The van der Waals surface area contributed by atoms with Crippen molar-refractivity contribution in [3.63, 3.8) is 0 Å². The molecule has 0 aromatic heterocycles. The Balaban J connectivity index is 2.04. The number of sulfonamides is 1. The number of hydrogen-bond donors (Lipinski definition) is 1. The van der Waals surface area contributed by atoms with Crippen molar-refractivity contribution >= 4 is 15.8 Å². The number of carbonyl (C=O) groups excluding carboxylic acids is 1. The fourth-order valence-corrected chi connectivity index (χ4v) is 5.27. The number of ether oxygens (including phenoxy) is 1. The van der Waals surface area contributed by atoms with Crippen LogP contribution in [0, 0.1) is 36.5 Å². The lowest BCUT2D eigenvalue weighted by Crippen LogP contribution is -2.40. The van der Waals surface area contributed by atoms with Gasteiger partial charge in [-0.15, -0.1) is 6.42 Å². The van der Waals surface area contributed by atoms with Crippen LogP contribution in [0.5, 0.6) is 0 Å². The van der Waals surface area contributed by atoms with Gasteiger partial charge in [0.15, 0.2) is 0 Å². The number of terminal acetylenes is 1. The van der Waals surface area contributed by atoms with Gasteiger partial charge in [-0.3, -0.25) is 9.52 Å². The second kappa shape index (κ2) is 7.49. The molecular formula is C21H25NO4S. The molecule has 2 bridgehead atoms. The van der Waals surface area contributed by atoms with Crippen molar-refractivity contribution in [2.45, 2.75) is 37.5 Å². The third-order valence-corrected chi connectivity index (χ3v) is 7.15. The zero-order chi connectivity index (χ0) is 19.7. The second-order valence-corrected chi connectivity index (χ2v) is 9.09. The molecule has 0 amide bonds. The van der Waals surface area contributed by atoms with Crippen LogP contribution in [0.15, 0.2) is 40.9 Å². The number of allylic oxidation sites excluding steroid dienone is 2. The van der Waals surface area contributed by atoms with Crippen LogP contribution in [0.3, 0.4) is 0 Å². The van der Waals surface area contributed by atoms with Gasteiger partial charge in [-0.1, -0.05) is 29.7 Å². The fraction of sp³-hybridized carbons (Fsp3) is 0.476. The highest BCUT2D eigenvalue weighted by atomic mass is 32.2. The van der Waals surface area contributed by atoms with Crippen molar-refractivity contribution in [3.05, 3.63) is 41.6 Å². The number of ketones is 1. The minimum absolute atomic E-state index is 0.0872. The molecule has 1 aromatic carbocycles. The normalized spacial score (nSPS) is 27.6. The van der Waals surface area contributed by atoms with Crippen LogP contribution in [0.25, 0.3) is 0 Å².